The van der Waals surface area contributed by atoms with Crippen LogP contribution in [0.25, 0.3) is 0 Å². The zero-order valence-corrected chi connectivity index (χ0v) is 10.3. The van der Waals surface area contributed by atoms with Crippen LogP contribution in [0.2, 0.25) is 0 Å². The van der Waals surface area contributed by atoms with Crippen molar-refractivity contribution in [3.8, 4) is 5.75 Å². The van der Waals surface area contributed by atoms with Crippen molar-refractivity contribution in [2.24, 2.45) is 0 Å². The third-order valence-electron chi connectivity index (χ3n) is 2.76. The summed E-state index contributed by atoms with van der Waals surface area (Å²) in [6.07, 6.45) is 1.63. The molecule has 0 amide bonds. The second-order valence-corrected chi connectivity index (χ2v) is 4.41. The first-order valence-corrected chi connectivity index (χ1v) is 5.62. The maximum Gasteiger partial charge on any atom is 0.120 e. The second-order valence-electron chi connectivity index (χ2n) is 4.41. The van der Waals surface area contributed by atoms with Crippen molar-refractivity contribution in [1.82, 2.24) is 4.90 Å². The number of hydrogen-bond donors (Lipinski definition) is 2. The fourth-order valence-electron chi connectivity index (χ4n) is 1.85. The van der Waals surface area contributed by atoms with Crippen molar-refractivity contribution in [3.05, 3.63) is 28.8 Å². The molecule has 0 aromatic heterocycles. The zero-order chi connectivity index (χ0) is 12.1. The van der Waals surface area contributed by atoms with Gasteiger partial charge in [0.05, 0.1) is 0 Å². The van der Waals surface area contributed by atoms with E-state index in [-0.39, 0.29) is 6.61 Å². The average molecular weight is 223 g/mol. The number of phenols is 1. The standard InChI is InChI=1S/C13H21NO2/c1-10-11(5-4-8-15)6-7-13(16)12(10)9-14(2)3/h6-7,15-16H,4-5,8-9H2,1-3H3. The molecule has 0 radical (unpaired) electrons. The Morgan fingerprint density at radius 2 is 1.94 bits per heavy atom. The molecule has 16 heavy (non-hydrogen) atoms. The summed E-state index contributed by atoms with van der Waals surface area (Å²) in [6, 6.07) is 3.69. The van der Waals surface area contributed by atoms with Gasteiger partial charge in [0.15, 0.2) is 0 Å². The Morgan fingerprint density at radius 1 is 1.25 bits per heavy atom. The van der Waals surface area contributed by atoms with Gasteiger partial charge in [0.1, 0.15) is 5.75 Å². The average Bonchev–Trinajstić information content (AvgIpc) is 2.23. The number of aryl methyl sites for hydroxylation is 1. The van der Waals surface area contributed by atoms with Crippen LogP contribution >= 0.6 is 0 Å². The quantitative estimate of drug-likeness (QED) is 0.798. The zero-order valence-electron chi connectivity index (χ0n) is 10.3. The molecule has 0 unspecified atom stereocenters. The molecule has 0 saturated carbocycles. The highest BCUT2D eigenvalue weighted by molar-refractivity contribution is 5.43. The van der Waals surface area contributed by atoms with Gasteiger partial charge in [-0.3, -0.25) is 0 Å². The van der Waals surface area contributed by atoms with E-state index in [0.29, 0.717) is 5.75 Å². The molecular formula is C13H21NO2. The van der Waals surface area contributed by atoms with Crippen LogP contribution in [0.4, 0.5) is 0 Å². The maximum absolute atomic E-state index is 9.81. The topological polar surface area (TPSA) is 43.7 Å². The molecule has 3 nitrogen and oxygen atoms in total. The van der Waals surface area contributed by atoms with Gasteiger partial charge in [-0.2, -0.15) is 0 Å². The van der Waals surface area contributed by atoms with E-state index in [9.17, 15) is 5.11 Å². The van der Waals surface area contributed by atoms with Crippen molar-refractivity contribution >= 4 is 0 Å². The Labute approximate surface area is 97.3 Å². The molecule has 0 bridgehead atoms. The highest BCUT2D eigenvalue weighted by Gasteiger charge is 2.09. The molecule has 0 fully saturated rings. The van der Waals surface area contributed by atoms with Crippen LogP contribution in [0.1, 0.15) is 23.1 Å². The van der Waals surface area contributed by atoms with E-state index in [1.165, 1.54) is 5.56 Å². The molecule has 0 saturated heterocycles. The monoisotopic (exact) mass is 223 g/mol. The Morgan fingerprint density at radius 3 is 2.50 bits per heavy atom. The van der Waals surface area contributed by atoms with Gasteiger partial charge in [-0.25, -0.2) is 0 Å². The summed E-state index contributed by atoms with van der Waals surface area (Å²) >= 11 is 0. The van der Waals surface area contributed by atoms with Crippen molar-refractivity contribution in [3.63, 3.8) is 0 Å². The summed E-state index contributed by atoms with van der Waals surface area (Å²) in [5.74, 6) is 0.360. The van der Waals surface area contributed by atoms with Crippen LogP contribution < -0.4 is 0 Å². The molecule has 0 spiro atoms. The van der Waals surface area contributed by atoms with E-state index in [1.54, 1.807) is 6.07 Å². The van der Waals surface area contributed by atoms with Gasteiger partial charge in [-0.05, 0) is 51.1 Å². The Kier molecular flexibility index (Phi) is 4.77. The number of aliphatic hydroxyl groups excluding tert-OH is 1. The molecule has 1 rings (SSSR count). The van der Waals surface area contributed by atoms with Crippen LogP contribution in [-0.4, -0.2) is 35.8 Å². The normalized spacial score (nSPS) is 11.1. The molecule has 3 heteroatoms. The molecule has 0 heterocycles. The van der Waals surface area contributed by atoms with Gasteiger partial charge in [-0.15, -0.1) is 0 Å². The summed E-state index contributed by atoms with van der Waals surface area (Å²) in [7, 11) is 3.97. The lowest BCUT2D eigenvalue weighted by molar-refractivity contribution is 0.288. The second kappa shape index (κ2) is 5.87. The van der Waals surface area contributed by atoms with Crippen LogP contribution in [0.3, 0.4) is 0 Å². The molecule has 90 valence electrons. The minimum Gasteiger partial charge on any atom is -0.508 e. The first-order chi connectivity index (χ1) is 7.56. The van der Waals surface area contributed by atoms with E-state index < -0.39 is 0 Å². The predicted molar refractivity (Wildman–Crippen MR) is 65.6 cm³/mol. The first kappa shape index (κ1) is 13.0. The van der Waals surface area contributed by atoms with Gasteiger partial charge in [0.2, 0.25) is 0 Å². The van der Waals surface area contributed by atoms with Crippen molar-refractivity contribution in [1.29, 1.82) is 0 Å². The fourth-order valence-corrected chi connectivity index (χ4v) is 1.85. The van der Waals surface area contributed by atoms with Crippen LogP contribution in [0.5, 0.6) is 5.75 Å². The summed E-state index contributed by atoms with van der Waals surface area (Å²) in [4.78, 5) is 2.04. The molecule has 0 aliphatic heterocycles. The molecular weight excluding hydrogens is 202 g/mol. The summed E-state index contributed by atoms with van der Waals surface area (Å²) in [5, 5.41) is 18.6. The lowest BCUT2D eigenvalue weighted by Crippen LogP contribution is -2.12. The van der Waals surface area contributed by atoms with E-state index in [0.717, 1.165) is 30.5 Å². The van der Waals surface area contributed by atoms with Crippen LogP contribution in [0, 0.1) is 6.92 Å². The SMILES string of the molecule is Cc1c(CCCO)ccc(O)c1CN(C)C. The van der Waals surface area contributed by atoms with Crippen molar-refractivity contribution < 1.29 is 10.2 Å². The highest BCUT2D eigenvalue weighted by atomic mass is 16.3. The smallest absolute Gasteiger partial charge is 0.120 e. The molecule has 0 aliphatic carbocycles. The van der Waals surface area contributed by atoms with E-state index in [4.69, 9.17) is 5.11 Å². The Balaban J connectivity index is 2.96. The van der Waals surface area contributed by atoms with Gasteiger partial charge in [0.25, 0.3) is 0 Å². The molecule has 1 aromatic rings. The Hall–Kier alpha value is -1.06. The molecule has 1 aromatic carbocycles. The maximum atomic E-state index is 9.81. The number of hydrogen-bond acceptors (Lipinski definition) is 3. The summed E-state index contributed by atoms with van der Waals surface area (Å²) < 4.78 is 0. The predicted octanol–water partition coefficient (Wildman–Crippen LogP) is 1.69. The molecule has 2 N–H and O–H groups in total. The van der Waals surface area contributed by atoms with E-state index in [1.807, 2.05) is 32.0 Å². The van der Waals surface area contributed by atoms with Gasteiger partial charge in [-0.1, -0.05) is 6.07 Å². The minimum atomic E-state index is 0.212. The summed E-state index contributed by atoms with van der Waals surface area (Å²) in [5.41, 5.74) is 3.34. The molecule has 0 atom stereocenters. The van der Waals surface area contributed by atoms with E-state index in [2.05, 4.69) is 0 Å². The Bertz CT molecular complexity index is 348. The molecule has 0 aliphatic rings. The third-order valence-corrected chi connectivity index (χ3v) is 2.76. The number of rotatable bonds is 5. The fraction of sp³-hybridized carbons (Fsp3) is 0.538. The van der Waals surface area contributed by atoms with Crippen LogP contribution in [0.15, 0.2) is 12.1 Å². The number of aliphatic hydroxyl groups is 1. The lowest BCUT2D eigenvalue weighted by atomic mass is 9.98. The summed E-state index contributed by atoms with van der Waals surface area (Å²) in [6.45, 7) is 2.99. The number of aromatic hydroxyl groups is 1. The van der Waals surface area contributed by atoms with Gasteiger partial charge < -0.3 is 15.1 Å². The third kappa shape index (κ3) is 3.22. The number of benzene rings is 1. The van der Waals surface area contributed by atoms with Crippen molar-refractivity contribution in [2.75, 3.05) is 20.7 Å². The number of nitrogens with zero attached hydrogens (tertiary/aromatic N) is 1. The first-order valence-electron chi connectivity index (χ1n) is 5.62. The largest absolute Gasteiger partial charge is 0.508 e. The van der Waals surface area contributed by atoms with Gasteiger partial charge >= 0.3 is 0 Å². The minimum absolute atomic E-state index is 0.212. The number of phenolic OH excluding ortho intramolecular Hbond substituents is 1. The lowest BCUT2D eigenvalue weighted by Gasteiger charge is -2.16. The van der Waals surface area contributed by atoms with Crippen LogP contribution in [-0.2, 0) is 13.0 Å². The van der Waals surface area contributed by atoms with Crippen molar-refractivity contribution in [2.45, 2.75) is 26.3 Å². The van der Waals surface area contributed by atoms with E-state index >= 15 is 0 Å². The van der Waals surface area contributed by atoms with Gasteiger partial charge in [0, 0.05) is 18.7 Å². The highest BCUT2D eigenvalue weighted by Crippen LogP contribution is 2.25.